The second kappa shape index (κ2) is 14.5. The summed E-state index contributed by atoms with van der Waals surface area (Å²) in [6.45, 7) is 0. The number of aromatic nitrogens is 4. The lowest BCUT2D eigenvalue weighted by Gasteiger charge is -2.17. The Labute approximate surface area is 324 Å². The summed E-state index contributed by atoms with van der Waals surface area (Å²) in [7, 11) is 6.79. The molecule has 0 aliphatic carbocycles. The highest BCUT2D eigenvalue weighted by Gasteiger charge is 2.28. The molecule has 56 heavy (non-hydrogen) atoms. The summed E-state index contributed by atoms with van der Waals surface area (Å²) in [5, 5.41) is 0. The summed E-state index contributed by atoms with van der Waals surface area (Å²) >= 11 is 0. The first-order valence-electron chi connectivity index (χ1n) is 18.3. The molecule has 5 heterocycles. The van der Waals surface area contributed by atoms with E-state index in [4.69, 9.17) is 28.9 Å². The van der Waals surface area contributed by atoms with Crippen molar-refractivity contribution in [3.8, 4) is 56.4 Å². The molecule has 0 atom stereocenters. The first-order valence-corrected chi connectivity index (χ1v) is 18.3. The fourth-order valence-electron chi connectivity index (χ4n) is 7.69. The molecular weight excluding hydrogens is 697 g/mol. The first-order chi connectivity index (χ1) is 27.6. The molecule has 2 aliphatic heterocycles. The number of fused-ring (bicyclic) bond motifs is 8. The molecule has 0 amide bonds. The van der Waals surface area contributed by atoms with Crippen molar-refractivity contribution in [2.75, 3.05) is 28.4 Å². The Morgan fingerprint density at radius 3 is 1.46 bits per heavy atom. The van der Waals surface area contributed by atoms with Crippen molar-refractivity contribution in [3.63, 3.8) is 0 Å². The SMILES string of the molecule is COc1ccccc1C1=Cc2cc3ccc(cc4nc(cc5[nH]c(c(-c6ccccc6OC)c1n2)c(-c1ccccc1OC)c5-c1ccccc1OC)C=C4)[nH]3. The summed E-state index contributed by atoms with van der Waals surface area (Å²) < 4.78 is 24.3. The number of benzene rings is 4. The minimum atomic E-state index is 0.688. The Bertz CT molecular complexity index is 2880. The minimum Gasteiger partial charge on any atom is -0.496 e. The Balaban J connectivity index is 1.59. The van der Waals surface area contributed by atoms with Crippen LogP contribution in [0.1, 0.15) is 28.3 Å². The second-order valence-electron chi connectivity index (χ2n) is 13.4. The molecule has 0 spiro atoms. The lowest BCUT2D eigenvalue weighted by atomic mass is 9.90. The van der Waals surface area contributed by atoms with Crippen LogP contribution in [0.5, 0.6) is 23.0 Å². The van der Waals surface area contributed by atoms with Gasteiger partial charge in [0.05, 0.1) is 56.7 Å². The van der Waals surface area contributed by atoms with E-state index in [9.17, 15) is 0 Å². The van der Waals surface area contributed by atoms with E-state index in [0.717, 1.165) is 101 Å². The monoisotopic (exact) mass is 734 g/mol. The van der Waals surface area contributed by atoms with Crippen molar-refractivity contribution in [1.82, 2.24) is 19.9 Å². The molecule has 0 saturated carbocycles. The maximum Gasteiger partial charge on any atom is 0.126 e. The number of hydrogen-bond acceptors (Lipinski definition) is 6. The van der Waals surface area contributed by atoms with Crippen LogP contribution in [0.3, 0.4) is 0 Å². The minimum absolute atomic E-state index is 0.688. The van der Waals surface area contributed by atoms with E-state index in [1.807, 2.05) is 91.0 Å². The number of nitrogens with one attached hydrogen (secondary N) is 2. The summed E-state index contributed by atoms with van der Waals surface area (Å²) in [5.41, 5.74) is 13.7. The van der Waals surface area contributed by atoms with Crippen molar-refractivity contribution in [1.29, 1.82) is 0 Å². The Morgan fingerprint density at radius 2 is 0.893 bits per heavy atom. The number of H-pyrrole nitrogens is 2. The quantitative estimate of drug-likeness (QED) is 0.161. The van der Waals surface area contributed by atoms with Gasteiger partial charge in [0.1, 0.15) is 23.0 Å². The maximum absolute atomic E-state index is 6.14. The van der Waals surface area contributed by atoms with Crippen molar-refractivity contribution in [3.05, 3.63) is 156 Å². The molecule has 274 valence electrons. The summed E-state index contributed by atoms with van der Waals surface area (Å²) in [5.74, 6) is 2.85. The smallest absolute Gasteiger partial charge is 0.126 e. The zero-order chi connectivity index (χ0) is 38.2. The summed E-state index contributed by atoms with van der Waals surface area (Å²) in [6.07, 6.45) is 6.18. The van der Waals surface area contributed by atoms with Crippen LogP contribution in [0.15, 0.2) is 127 Å². The first kappa shape index (κ1) is 34.4. The zero-order valence-electron chi connectivity index (χ0n) is 31.4. The van der Waals surface area contributed by atoms with E-state index in [1.54, 1.807) is 28.4 Å². The number of rotatable bonds is 8. The van der Waals surface area contributed by atoms with Crippen molar-refractivity contribution >= 4 is 45.9 Å². The van der Waals surface area contributed by atoms with Gasteiger partial charge in [-0.25, -0.2) is 9.97 Å². The maximum atomic E-state index is 6.14. The van der Waals surface area contributed by atoms with Crippen molar-refractivity contribution in [2.24, 2.45) is 0 Å². The van der Waals surface area contributed by atoms with Gasteiger partial charge in [0.2, 0.25) is 0 Å². The van der Waals surface area contributed by atoms with Crippen LogP contribution in [-0.2, 0) is 0 Å². The lowest BCUT2D eigenvalue weighted by Crippen LogP contribution is -1.97. The number of para-hydroxylation sites is 4. The van der Waals surface area contributed by atoms with Crippen LogP contribution in [0.25, 0.3) is 79.2 Å². The van der Waals surface area contributed by atoms with Gasteiger partial charge in [-0.1, -0.05) is 72.8 Å². The van der Waals surface area contributed by atoms with Crippen LogP contribution in [-0.4, -0.2) is 48.4 Å². The Hall–Kier alpha value is -7.32. The van der Waals surface area contributed by atoms with Crippen LogP contribution in [0, 0.1) is 0 Å². The molecular formula is C48H38N4O4. The van der Waals surface area contributed by atoms with Crippen LogP contribution in [0.4, 0.5) is 0 Å². The molecule has 8 bridgehead atoms. The molecule has 7 aromatic rings. The molecule has 0 saturated heterocycles. The highest BCUT2D eigenvalue weighted by Crippen LogP contribution is 2.50. The third-order valence-corrected chi connectivity index (χ3v) is 10.1. The molecule has 3 aromatic heterocycles. The lowest BCUT2D eigenvalue weighted by molar-refractivity contribution is 0.413. The predicted molar refractivity (Wildman–Crippen MR) is 226 cm³/mol. The standard InChI is InChI=1S/C48H38N4O4/c1-53-40-17-9-5-13-34(40)38-27-33-26-31-22-21-29(49-31)25-30-23-24-32(50-30)28-39-44(35-14-6-10-18-41(35)54-2)45(36-15-7-11-19-42(36)55-3)48(52-39)46(47(38)51-33)37-16-8-12-20-43(37)56-4/h5-28,49,52H,1-4H3. The topological polar surface area (TPSA) is 94.3 Å². The van der Waals surface area contributed by atoms with E-state index in [0.29, 0.717) is 11.5 Å². The van der Waals surface area contributed by atoms with Crippen molar-refractivity contribution in [2.45, 2.75) is 0 Å². The van der Waals surface area contributed by atoms with Crippen LogP contribution < -0.4 is 18.9 Å². The number of nitrogens with zero attached hydrogens (tertiary/aromatic N) is 2. The largest absolute Gasteiger partial charge is 0.496 e. The number of methoxy groups -OCH3 is 4. The number of ether oxygens (including phenoxy) is 4. The number of aromatic amines is 2. The van der Waals surface area contributed by atoms with E-state index in [2.05, 4.69) is 64.6 Å². The average molecular weight is 735 g/mol. The van der Waals surface area contributed by atoms with Crippen LogP contribution >= 0.6 is 0 Å². The van der Waals surface area contributed by atoms with Gasteiger partial charge in [0.25, 0.3) is 0 Å². The average Bonchev–Trinajstić information content (AvgIpc) is 4.05. The molecule has 8 nitrogen and oxygen atoms in total. The third kappa shape index (κ3) is 6.07. The van der Waals surface area contributed by atoms with Gasteiger partial charge < -0.3 is 28.9 Å². The van der Waals surface area contributed by atoms with Crippen LogP contribution in [0.2, 0.25) is 0 Å². The molecule has 2 N–H and O–H groups in total. The molecule has 8 heteroatoms. The van der Waals surface area contributed by atoms with E-state index < -0.39 is 0 Å². The number of hydrogen-bond donors (Lipinski definition) is 2. The van der Waals surface area contributed by atoms with Gasteiger partial charge in [-0.15, -0.1) is 0 Å². The second-order valence-corrected chi connectivity index (χ2v) is 13.4. The molecule has 9 rings (SSSR count). The summed E-state index contributed by atoms with van der Waals surface area (Å²) in [4.78, 5) is 18.0. The highest BCUT2D eigenvalue weighted by atomic mass is 16.5. The third-order valence-electron chi connectivity index (χ3n) is 10.1. The van der Waals surface area contributed by atoms with E-state index in [1.165, 1.54) is 0 Å². The normalized spacial score (nSPS) is 12.0. The fourth-order valence-corrected chi connectivity index (χ4v) is 7.69. The molecule has 4 aromatic carbocycles. The van der Waals surface area contributed by atoms with E-state index in [-0.39, 0.29) is 0 Å². The van der Waals surface area contributed by atoms with Gasteiger partial charge >= 0.3 is 0 Å². The van der Waals surface area contributed by atoms with Gasteiger partial charge in [-0.3, -0.25) is 0 Å². The Kier molecular flexibility index (Phi) is 8.91. The van der Waals surface area contributed by atoms with Gasteiger partial charge in [-0.2, -0.15) is 0 Å². The van der Waals surface area contributed by atoms with Gasteiger partial charge in [-0.05, 0) is 72.8 Å². The predicted octanol–water partition coefficient (Wildman–Crippen LogP) is 11.1. The molecule has 0 radical (unpaired) electrons. The zero-order valence-corrected chi connectivity index (χ0v) is 31.4. The molecule has 2 aliphatic rings. The molecule has 0 unspecified atom stereocenters. The van der Waals surface area contributed by atoms with Gasteiger partial charge in [0, 0.05) is 61.1 Å². The van der Waals surface area contributed by atoms with Gasteiger partial charge in [0.15, 0.2) is 0 Å². The van der Waals surface area contributed by atoms with E-state index >= 15 is 0 Å². The summed E-state index contributed by atoms with van der Waals surface area (Å²) in [6, 6.07) is 42.6. The fraction of sp³-hybridized carbons (Fsp3) is 0.0833. The van der Waals surface area contributed by atoms with Crippen molar-refractivity contribution < 1.29 is 18.9 Å². The Morgan fingerprint density at radius 1 is 0.429 bits per heavy atom. The highest BCUT2D eigenvalue weighted by molar-refractivity contribution is 6.12. The molecule has 0 fully saturated rings.